The van der Waals surface area contributed by atoms with Crippen LogP contribution in [0.4, 0.5) is 0 Å². The van der Waals surface area contributed by atoms with Crippen LogP contribution < -0.4 is 14.8 Å². The molecule has 27 heavy (non-hydrogen) atoms. The Hall–Kier alpha value is -2.24. The first kappa shape index (κ1) is 19.5. The van der Waals surface area contributed by atoms with E-state index in [-0.39, 0.29) is 17.9 Å². The van der Waals surface area contributed by atoms with Crippen LogP contribution in [-0.2, 0) is 14.9 Å². The highest BCUT2D eigenvalue weighted by Gasteiger charge is 2.37. The van der Waals surface area contributed by atoms with Crippen molar-refractivity contribution in [1.82, 2.24) is 5.32 Å². The molecule has 0 unspecified atom stereocenters. The normalized spacial score (nSPS) is 15.8. The van der Waals surface area contributed by atoms with E-state index >= 15 is 0 Å². The van der Waals surface area contributed by atoms with Gasteiger partial charge in [0.25, 0.3) is 5.91 Å². The van der Waals surface area contributed by atoms with E-state index in [1.807, 2.05) is 18.2 Å². The van der Waals surface area contributed by atoms with E-state index in [1.165, 1.54) is 0 Å². The molecule has 0 aromatic heterocycles. The Balaban J connectivity index is 1.64. The van der Waals surface area contributed by atoms with E-state index in [0.717, 1.165) is 24.2 Å². The minimum Gasteiger partial charge on any atom is -0.496 e. The molecule has 1 aliphatic heterocycles. The van der Waals surface area contributed by atoms with Gasteiger partial charge in [0.1, 0.15) is 11.5 Å². The van der Waals surface area contributed by atoms with Gasteiger partial charge >= 0.3 is 0 Å². The van der Waals surface area contributed by atoms with Crippen molar-refractivity contribution < 1.29 is 19.0 Å². The van der Waals surface area contributed by atoms with E-state index in [1.54, 1.807) is 31.4 Å². The highest BCUT2D eigenvalue weighted by atomic mass is 35.5. The number of hydrogen-bond acceptors (Lipinski definition) is 4. The first-order valence-corrected chi connectivity index (χ1v) is 9.37. The first-order valence-electron chi connectivity index (χ1n) is 8.99. The van der Waals surface area contributed by atoms with Gasteiger partial charge in [0.05, 0.1) is 7.11 Å². The highest BCUT2D eigenvalue weighted by Crippen LogP contribution is 2.39. The lowest BCUT2D eigenvalue weighted by Gasteiger charge is -2.38. The van der Waals surface area contributed by atoms with Crippen LogP contribution in [-0.4, -0.2) is 39.4 Å². The van der Waals surface area contributed by atoms with Gasteiger partial charge in [-0.05, 0) is 43.2 Å². The molecule has 0 atom stereocenters. The summed E-state index contributed by atoms with van der Waals surface area (Å²) in [6.07, 6.45) is 1.65. The van der Waals surface area contributed by atoms with Gasteiger partial charge in [-0.3, -0.25) is 4.79 Å². The molecule has 2 aromatic carbocycles. The Morgan fingerprint density at radius 2 is 1.85 bits per heavy atom. The van der Waals surface area contributed by atoms with Crippen molar-refractivity contribution >= 4 is 17.5 Å². The number of amides is 1. The van der Waals surface area contributed by atoms with E-state index in [0.29, 0.717) is 30.5 Å². The van der Waals surface area contributed by atoms with Crippen molar-refractivity contribution in [2.24, 2.45) is 0 Å². The fourth-order valence-corrected chi connectivity index (χ4v) is 3.51. The van der Waals surface area contributed by atoms with Crippen molar-refractivity contribution in [1.29, 1.82) is 0 Å². The summed E-state index contributed by atoms with van der Waals surface area (Å²) in [5, 5.41) is 3.65. The molecule has 0 radical (unpaired) electrons. The second-order valence-corrected chi connectivity index (χ2v) is 7.05. The Morgan fingerprint density at radius 1 is 1.15 bits per heavy atom. The number of carbonyl (C=O) groups excluding carboxylic acids is 1. The summed E-state index contributed by atoms with van der Waals surface area (Å²) in [5.74, 6) is 1.29. The van der Waals surface area contributed by atoms with Gasteiger partial charge in [-0.1, -0.05) is 29.8 Å². The lowest BCUT2D eigenvalue weighted by molar-refractivity contribution is -0.123. The van der Waals surface area contributed by atoms with E-state index < -0.39 is 0 Å². The fraction of sp³-hybridized carbons (Fsp3) is 0.381. The van der Waals surface area contributed by atoms with Crippen LogP contribution in [0.3, 0.4) is 0 Å². The maximum atomic E-state index is 12.3. The number of para-hydroxylation sites is 1. The van der Waals surface area contributed by atoms with Gasteiger partial charge in [-0.25, -0.2) is 0 Å². The fourth-order valence-electron chi connectivity index (χ4n) is 3.38. The average Bonchev–Trinajstić information content (AvgIpc) is 2.72. The topological polar surface area (TPSA) is 56.8 Å². The number of methoxy groups -OCH3 is 1. The number of rotatable bonds is 7. The van der Waals surface area contributed by atoms with Gasteiger partial charge < -0.3 is 19.5 Å². The van der Waals surface area contributed by atoms with Crippen molar-refractivity contribution in [3.8, 4) is 11.5 Å². The van der Waals surface area contributed by atoms with Gasteiger partial charge in [0.15, 0.2) is 6.61 Å². The number of ether oxygens (including phenoxy) is 3. The maximum absolute atomic E-state index is 12.3. The molecule has 2 aromatic rings. The molecule has 1 heterocycles. The summed E-state index contributed by atoms with van der Waals surface area (Å²) in [6, 6.07) is 14.9. The van der Waals surface area contributed by atoms with Crippen molar-refractivity contribution in [2.45, 2.75) is 18.3 Å². The van der Waals surface area contributed by atoms with Gasteiger partial charge in [0, 0.05) is 35.8 Å². The second-order valence-electron chi connectivity index (χ2n) is 6.61. The first-order chi connectivity index (χ1) is 13.1. The summed E-state index contributed by atoms with van der Waals surface area (Å²) >= 11 is 5.85. The quantitative estimate of drug-likeness (QED) is 0.786. The third kappa shape index (κ3) is 4.93. The number of benzene rings is 2. The highest BCUT2D eigenvalue weighted by molar-refractivity contribution is 6.30. The Labute approximate surface area is 164 Å². The molecule has 6 heteroatoms. The summed E-state index contributed by atoms with van der Waals surface area (Å²) < 4.78 is 16.6. The smallest absolute Gasteiger partial charge is 0.257 e. The van der Waals surface area contributed by atoms with E-state index in [2.05, 4.69) is 11.4 Å². The molecule has 0 spiro atoms. The van der Waals surface area contributed by atoms with Crippen molar-refractivity contribution in [3.05, 3.63) is 59.1 Å². The summed E-state index contributed by atoms with van der Waals surface area (Å²) in [6.45, 7) is 1.80. The predicted octanol–water partition coefficient (Wildman–Crippen LogP) is 3.59. The van der Waals surface area contributed by atoms with Crippen LogP contribution >= 0.6 is 11.6 Å². The lowest BCUT2D eigenvalue weighted by atomic mass is 9.73. The minimum atomic E-state index is -0.208. The Bertz CT molecular complexity index is 757. The largest absolute Gasteiger partial charge is 0.496 e. The zero-order valence-electron chi connectivity index (χ0n) is 15.4. The molecule has 1 N–H and O–H groups in total. The zero-order chi connectivity index (χ0) is 19.1. The van der Waals surface area contributed by atoms with Gasteiger partial charge in [-0.2, -0.15) is 0 Å². The number of carbonyl (C=O) groups is 1. The Morgan fingerprint density at radius 3 is 2.56 bits per heavy atom. The van der Waals surface area contributed by atoms with E-state index in [4.69, 9.17) is 25.8 Å². The van der Waals surface area contributed by atoms with Crippen molar-refractivity contribution in [2.75, 3.05) is 33.5 Å². The number of nitrogens with one attached hydrogen (secondary N) is 1. The molecule has 0 saturated carbocycles. The Kier molecular flexibility index (Phi) is 6.58. The van der Waals surface area contributed by atoms with Crippen LogP contribution in [0.25, 0.3) is 0 Å². The SMILES string of the molecule is COc1ccccc1C1(CNC(=O)COc2ccc(Cl)cc2)CCOCC1. The third-order valence-electron chi connectivity index (χ3n) is 4.94. The molecule has 144 valence electrons. The molecule has 1 amide bonds. The predicted molar refractivity (Wildman–Crippen MR) is 105 cm³/mol. The minimum absolute atomic E-state index is 0.0415. The molecule has 0 bridgehead atoms. The second kappa shape index (κ2) is 9.11. The average molecular weight is 390 g/mol. The molecular weight excluding hydrogens is 366 g/mol. The van der Waals surface area contributed by atoms with Gasteiger partial charge in [-0.15, -0.1) is 0 Å². The zero-order valence-corrected chi connectivity index (χ0v) is 16.1. The third-order valence-corrected chi connectivity index (χ3v) is 5.19. The molecule has 1 saturated heterocycles. The molecule has 5 nitrogen and oxygen atoms in total. The number of hydrogen-bond donors (Lipinski definition) is 1. The van der Waals surface area contributed by atoms with E-state index in [9.17, 15) is 4.79 Å². The monoisotopic (exact) mass is 389 g/mol. The molecular formula is C21H24ClNO4. The van der Waals surface area contributed by atoms with Crippen LogP contribution in [0, 0.1) is 0 Å². The van der Waals surface area contributed by atoms with Crippen LogP contribution in [0.1, 0.15) is 18.4 Å². The molecule has 3 rings (SSSR count). The molecule has 0 aliphatic carbocycles. The van der Waals surface area contributed by atoms with Crippen LogP contribution in [0.2, 0.25) is 5.02 Å². The molecule has 1 fully saturated rings. The van der Waals surface area contributed by atoms with Crippen LogP contribution in [0.5, 0.6) is 11.5 Å². The van der Waals surface area contributed by atoms with Crippen molar-refractivity contribution in [3.63, 3.8) is 0 Å². The lowest BCUT2D eigenvalue weighted by Crippen LogP contribution is -2.45. The molecule has 1 aliphatic rings. The maximum Gasteiger partial charge on any atom is 0.257 e. The standard InChI is InChI=1S/C21H24ClNO4/c1-25-19-5-3-2-4-18(19)21(10-12-26-13-11-21)15-23-20(24)14-27-17-8-6-16(22)7-9-17/h2-9H,10-15H2,1H3,(H,23,24). The summed E-state index contributed by atoms with van der Waals surface area (Å²) in [4.78, 5) is 12.3. The number of halogens is 1. The summed E-state index contributed by atoms with van der Waals surface area (Å²) in [5.41, 5.74) is 0.899. The van der Waals surface area contributed by atoms with Crippen LogP contribution in [0.15, 0.2) is 48.5 Å². The summed E-state index contributed by atoms with van der Waals surface area (Å²) in [7, 11) is 1.67. The van der Waals surface area contributed by atoms with Gasteiger partial charge in [0.2, 0.25) is 0 Å².